The number of piperazine rings is 1. The predicted octanol–water partition coefficient (Wildman–Crippen LogP) is 6.96. The first-order chi connectivity index (χ1) is 22.1. The topological polar surface area (TPSA) is 61.9 Å². The van der Waals surface area contributed by atoms with Crippen LogP contribution in [0.2, 0.25) is 10.0 Å². The molecule has 2 amide bonds. The van der Waals surface area contributed by atoms with E-state index in [1.54, 1.807) is 17.9 Å². The van der Waals surface area contributed by atoms with Crippen molar-refractivity contribution in [3.63, 3.8) is 0 Å². The van der Waals surface area contributed by atoms with Crippen molar-refractivity contribution in [1.29, 1.82) is 0 Å². The number of amides is 2. The molecule has 11 heteroatoms. The Hall–Kier alpha value is -3.53. The minimum Gasteiger partial charge on any atom is -0.488 e. The molecule has 2 heterocycles. The highest BCUT2D eigenvalue weighted by Gasteiger charge is 2.43. The lowest BCUT2D eigenvalue weighted by molar-refractivity contribution is -0.132. The highest BCUT2D eigenvalue weighted by molar-refractivity contribution is 6.42. The molecule has 1 aliphatic carbocycles. The van der Waals surface area contributed by atoms with Gasteiger partial charge in [-0.3, -0.25) is 9.59 Å². The van der Waals surface area contributed by atoms with E-state index in [4.69, 9.17) is 27.9 Å². The van der Waals surface area contributed by atoms with E-state index in [9.17, 15) is 22.8 Å². The Balaban J connectivity index is 1.24. The number of halogens is 5. The lowest BCUT2D eigenvalue weighted by Crippen LogP contribution is -2.61. The number of nitrogens with zero attached hydrogens (tertiary/aromatic N) is 2. The Morgan fingerprint density at radius 3 is 2.46 bits per heavy atom. The van der Waals surface area contributed by atoms with E-state index in [0.717, 1.165) is 47.2 Å². The summed E-state index contributed by atoms with van der Waals surface area (Å²) in [5, 5.41) is 4.48. The first kappa shape index (κ1) is 32.4. The third-order valence-electron chi connectivity index (χ3n) is 8.86. The van der Waals surface area contributed by atoms with Crippen LogP contribution in [0.25, 0.3) is 5.57 Å². The average molecular weight is 673 g/mol. The van der Waals surface area contributed by atoms with Crippen LogP contribution in [0.1, 0.15) is 49.3 Å². The van der Waals surface area contributed by atoms with Gasteiger partial charge in [-0.15, -0.1) is 0 Å². The van der Waals surface area contributed by atoms with Crippen molar-refractivity contribution in [1.82, 2.24) is 15.1 Å². The first-order valence-electron chi connectivity index (χ1n) is 15.4. The highest BCUT2D eigenvalue weighted by Crippen LogP contribution is 2.38. The van der Waals surface area contributed by atoms with Gasteiger partial charge in [-0.05, 0) is 72.6 Å². The molecule has 0 aromatic heterocycles. The third-order valence-corrected chi connectivity index (χ3v) is 9.72. The summed E-state index contributed by atoms with van der Waals surface area (Å²) in [5.74, 6) is -4.26. The molecular weight excluding hydrogens is 638 g/mol. The molecule has 1 N–H and O–H groups in total. The molecule has 242 valence electrons. The van der Waals surface area contributed by atoms with Gasteiger partial charge in [0, 0.05) is 44.2 Å². The third kappa shape index (κ3) is 6.92. The molecule has 2 fully saturated rings. The van der Waals surface area contributed by atoms with Crippen LogP contribution in [0.15, 0.2) is 60.2 Å². The van der Waals surface area contributed by atoms with Gasteiger partial charge in [0.1, 0.15) is 0 Å². The molecule has 3 aliphatic rings. The van der Waals surface area contributed by atoms with Gasteiger partial charge in [-0.25, -0.2) is 8.78 Å². The molecule has 2 aliphatic heterocycles. The second-order valence-electron chi connectivity index (χ2n) is 12.1. The smallest absolute Gasteiger partial charge is 0.252 e. The highest BCUT2D eigenvalue weighted by atomic mass is 35.5. The second kappa shape index (κ2) is 13.7. The number of benzene rings is 3. The van der Waals surface area contributed by atoms with Crippen LogP contribution < -0.4 is 10.1 Å². The number of aryl methyl sites for hydroxylation is 1. The quantitative estimate of drug-likeness (QED) is 0.187. The fraction of sp³-hybridized carbons (Fsp3) is 0.371. The number of hydrogen-bond acceptors (Lipinski definition) is 4. The van der Waals surface area contributed by atoms with Crippen LogP contribution in [0.3, 0.4) is 0 Å². The number of rotatable bonds is 10. The number of carbonyl (C=O) groups excluding carboxylic acids is 2. The van der Waals surface area contributed by atoms with E-state index in [2.05, 4.69) is 5.32 Å². The molecule has 2 bridgehead atoms. The SMILES string of the molecule is CC(=O)N1C[C@H]2CC(c3ccc(CCCOc4c(F)ccc(F)c4F)cc3)=C(C(=O)N(Cc3cccc(Cl)c3Cl)C3CC3)[C@@H](C1)N2. The fourth-order valence-electron chi connectivity index (χ4n) is 6.35. The largest absolute Gasteiger partial charge is 0.488 e. The molecule has 46 heavy (non-hydrogen) atoms. The zero-order valence-electron chi connectivity index (χ0n) is 25.3. The fourth-order valence-corrected chi connectivity index (χ4v) is 6.73. The molecule has 6 rings (SSSR count). The lowest BCUT2D eigenvalue weighted by Gasteiger charge is -2.44. The van der Waals surface area contributed by atoms with E-state index in [-0.39, 0.29) is 36.5 Å². The summed E-state index contributed by atoms with van der Waals surface area (Å²) in [6.07, 6.45) is 3.42. The zero-order valence-corrected chi connectivity index (χ0v) is 26.8. The zero-order chi connectivity index (χ0) is 32.5. The molecule has 3 aromatic carbocycles. The molecule has 2 atom stereocenters. The van der Waals surface area contributed by atoms with E-state index in [0.29, 0.717) is 54.5 Å². The van der Waals surface area contributed by atoms with Crippen molar-refractivity contribution in [2.75, 3.05) is 19.7 Å². The van der Waals surface area contributed by atoms with Crippen molar-refractivity contribution >= 4 is 40.6 Å². The maximum Gasteiger partial charge on any atom is 0.252 e. The summed E-state index contributed by atoms with van der Waals surface area (Å²) >= 11 is 12.8. The molecule has 6 nitrogen and oxygen atoms in total. The monoisotopic (exact) mass is 671 g/mol. The Labute approximate surface area is 276 Å². The summed E-state index contributed by atoms with van der Waals surface area (Å²) in [7, 11) is 0. The molecule has 1 saturated heterocycles. The van der Waals surface area contributed by atoms with Gasteiger partial charge >= 0.3 is 0 Å². The standard InChI is InChI=1S/C35H34Cl2F3N3O3/c1-20(44)42-18-24-16-26(22-9-7-21(8-10-22)4-3-15-46-34-29(39)14-13-28(38)33(34)40)31(30(19-42)41-24)35(45)43(25-11-12-25)17-23-5-2-6-27(36)32(23)37/h2,5-10,13-14,24-25,30,41H,3-4,11-12,15-19H2,1H3/t24-,30-/m1/s1. The van der Waals surface area contributed by atoms with Crippen LogP contribution in [0.4, 0.5) is 13.2 Å². The van der Waals surface area contributed by atoms with Gasteiger partial charge in [0.15, 0.2) is 17.4 Å². The number of nitrogens with one attached hydrogen (secondary N) is 1. The number of ether oxygens (including phenoxy) is 1. The number of fused-ring (bicyclic) bond motifs is 2. The summed E-state index contributed by atoms with van der Waals surface area (Å²) < 4.78 is 46.5. The van der Waals surface area contributed by atoms with Gasteiger partial charge in [-0.1, -0.05) is 59.6 Å². The second-order valence-corrected chi connectivity index (χ2v) is 12.9. The summed E-state index contributed by atoms with van der Waals surface area (Å²) in [6.45, 7) is 2.86. The Kier molecular flexibility index (Phi) is 9.64. The van der Waals surface area contributed by atoms with E-state index < -0.39 is 23.2 Å². The lowest BCUT2D eigenvalue weighted by atomic mass is 9.82. The predicted molar refractivity (Wildman–Crippen MR) is 171 cm³/mol. The van der Waals surface area contributed by atoms with E-state index in [1.807, 2.05) is 41.3 Å². The normalized spacial score (nSPS) is 19.3. The summed E-state index contributed by atoms with van der Waals surface area (Å²) in [5.41, 5.74) is 4.30. The summed E-state index contributed by atoms with van der Waals surface area (Å²) in [4.78, 5) is 30.6. The van der Waals surface area contributed by atoms with Crippen molar-refractivity contribution < 1.29 is 27.5 Å². The average Bonchev–Trinajstić information content (AvgIpc) is 3.88. The molecule has 1 saturated carbocycles. The van der Waals surface area contributed by atoms with Crippen LogP contribution in [-0.2, 0) is 22.6 Å². The minimum absolute atomic E-state index is 0.00592. The van der Waals surface area contributed by atoms with E-state index >= 15 is 0 Å². The van der Waals surface area contributed by atoms with Gasteiger partial charge in [0.2, 0.25) is 11.7 Å². The van der Waals surface area contributed by atoms with E-state index in [1.165, 1.54) is 0 Å². The maximum absolute atomic E-state index is 14.5. The van der Waals surface area contributed by atoms with Gasteiger partial charge in [-0.2, -0.15) is 4.39 Å². The summed E-state index contributed by atoms with van der Waals surface area (Å²) in [6, 6.07) is 14.7. The van der Waals surface area contributed by atoms with Crippen molar-refractivity contribution in [2.45, 2.75) is 63.7 Å². The van der Waals surface area contributed by atoms with Crippen LogP contribution in [0.5, 0.6) is 5.75 Å². The molecular formula is C35H34Cl2F3N3O3. The van der Waals surface area contributed by atoms with Crippen molar-refractivity contribution in [2.24, 2.45) is 0 Å². The van der Waals surface area contributed by atoms with Crippen LogP contribution in [0, 0.1) is 17.5 Å². The first-order valence-corrected chi connectivity index (χ1v) is 16.2. The molecule has 0 radical (unpaired) electrons. The van der Waals surface area contributed by atoms with Crippen molar-refractivity contribution in [3.05, 3.63) is 104 Å². The molecule has 3 aromatic rings. The van der Waals surface area contributed by atoms with Gasteiger partial charge < -0.3 is 19.9 Å². The Morgan fingerprint density at radius 1 is 1.00 bits per heavy atom. The molecule has 0 unspecified atom stereocenters. The number of hydrogen-bond donors (Lipinski definition) is 1. The van der Waals surface area contributed by atoms with Crippen LogP contribution in [-0.4, -0.2) is 59.4 Å². The maximum atomic E-state index is 14.5. The van der Waals surface area contributed by atoms with Gasteiger partial charge in [0.05, 0.1) is 22.7 Å². The Morgan fingerprint density at radius 2 is 1.74 bits per heavy atom. The Bertz CT molecular complexity index is 1680. The number of carbonyl (C=O) groups is 2. The van der Waals surface area contributed by atoms with Crippen LogP contribution >= 0.6 is 23.2 Å². The molecule has 0 spiro atoms. The minimum atomic E-state index is -1.34. The van der Waals surface area contributed by atoms with Gasteiger partial charge in [0.25, 0.3) is 5.91 Å². The van der Waals surface area contributed by atoms with Crippen molar-refractivity contribution in [3.8, 4) is 5.75 Å².